The Kier molecular flexibility index (Phi) is 4.03. The fourth-order valence-electron chi connectivity index (χ4n) is 1.61. The highest BCUT2D eigenvalue weighted by Gasteiger charge is 2.22. The van der Waals surface area contributed by atoms with Gasteiger partial charge in [-0.25, -0.2) is 0 Å². The number of aliphatic hydroxyl groups is 1. The molecule has 96 valence electrons. The number of benzene rings is 1. The molecule has 0 saturated heterocycles. The molecule has 0 aliphatic rings. The molecule has 2 unspecified atom stereocenters. The van der Waals surface area contributed by atoms with Crippen LogP contribution in [0.15, 0.2) is 34.9 Å². The Labute approximate surface area is 104 Å². The predicted octanol–water partition coefficient (Wildman–Crippen LogP) is 0.798. The lowest BCUT2D eigenvalue weighted by Gasteiger charge is -2.10. The van der Waals surface area contributed by atoms with Crippen LogP contribution < -0.4 is 5.73 Å². The maximum atomic E-state index is 9.51. The minimum Gasteiger partial charge on any atom is -0.382 e. The zero-order valence-electron chi connectivity index (χ0n) is 9.98. The molecule has 18 heavy (non-hydrogen) atoms. The molecule has 0 aliphatic carbocycles. The van der Waals surface area contributed by atoms with Crippen molar-refractivity contribution in [3.05, 3.63) is 47.6 Å². The van der Waals surface area contributed by atoms with E-state index in [4.69, 9.17) is 15.0 Å². The second-order valence-electron chi connectivity index (χ2n) is 3.77. The third-order valence-corrected chi connectivity index (χ3v) is 2.54. The summed E-state index contributed by atoms with van der Waals surface area (Å²) in [6.07, 6.45) is -1.37. The van der Waals surface area contributed by atoms with Crippen LogP contribution in [0.3, 0.4) is 0 Å². The summed E-state index contributed by atoms with van der Waals surface area (Å²) in [6, 6.07) is 9.53. The van der Waals surface area contributed by atoms with Crippen molar-refractivity contribution in [3.63, 3.8) is 0 Å². The van der Waals surface area contributed by atoms with Gasteiger partial charge >= 0.3 is 0 Å². The molecule has 2 rings (SSSR count). The van der Waals surface area contributed by atoms with E-state index in [-0.39, 0.29) is 12.4 Å². The second kappa shape index (κ2) is 5.72. The van der Waals surface area contributed by atoms with Crippen molar-refractivity contribution in [2.45, 2.75) is 12.2 Å². The van der Waals surface area contributed by atoms with Crippen LogP contribution in [0.1, 0.15) is 29.5 Å². The van der Waals surface area contributed by atoms with E-state index >= 15 is 0 Å². The third kappa shape index (κ3) is 2.56. The molecule has 0 bridgehead atoms. The zero-order chi connectivity index (χ0) is 13.0. The number of ether oxygens (including phenoxy) is 1. The molecule has 3 N–H and O–H groups in total. The Morgan fingerprint density at radius 1 is 1.39 bits per heavy atom. The molecule has 0 amide bonds. The van der Waals surface area contributed by atoms with Crippen LogP contribution in [0, 0.1) is 0 Å². The summed E-state index contributed by atoms with van der Waals surface area (Å²) in [5.41, 5.74) is 6.24. The van der Waals surface area contributed by atoms with Gasteiger partial charge in [0.25, 0.3) is 5.89 Å². The van der Waals surface area contributed by atoms with Gasteiger partial charge < -0.3 is 20.1 Å². The van der Waals surface area contributed by atoms with E-state index in [9.17, 15) is 5.11 Å². The van der Waals surface area contributed by atoms with Crippen LogP contribution in [0.4, 0.5) is 0 Å². The molecule has 0 fully saturated rings. The molecule has 1 heterocycles. The van der Waals surface area contributed by atoms with E-state index < -0.39 is 12.2 Å². The minimum absolute atomic E-state index is 0.0324. The largest absolute Gasteiger partial charge is 0.382 e. The fraction of sp³-hybridized carbons (Fsp3) is 0.333. The summed E-state index contributed by atoms with van der Waals surface area (Å²) in [7, 11) is 1.56. The first-order chi connectivity index (χ1) is 8.76. The number of aromatic nitrogens is 2. The van der Waals surface area contributed by atoms with Gasteiger partial charge in [-0.3, -0.25) is 0 Å². The molecule has 6 nitrogen and oxygen atoms in total. The normalized spacial score (nSPS) is 14.4. The molecule has 0 aliphatic heterocycles. The lowest BCUT2D eigenvalue weighted by molar-refractivity contribution is 0.125. The van der Waals surface area contributed by atoms with E-state index in [0.29, 0.717) is 5.82 Å². The molecule has 0 saturated carbocycles. The van der Waals surface area contributed by atoms with Gasteiger partial charge in [0.2, 0.25) is 5.82 Å². The smallest absolute Gasteiger partial charge is 0.256 e. The summed E-state index contributed by atoms with van der Waals surface area (Å²) in [6.45, 7) is 0.0324. The average Bonchev–Trinajstić information content (AvgIpc) is 2.89. The van der Waals surface area contributed by atoms with Crippen molar-refractivity contribution in [2.75, 3.05) is 13.7 Å². The van der Waals surface area contributed by atoms with E-state index in [1.807, 2.05) is 30.3 Å². The number of rotatable bonds is 5. The molecule has 2 aromatic rings. The van der Waals surface area contributed by atoms with Crippen LogP contribution in [-0.2, 0) is 4.74 Å². The van der Waals surface area contributed by atoms with Crippen molar-refractivity contribution in [3.8, 4) is 0 Å². The van der Waals surface area contributed by atoms with Gasteiger partial charge in [-0.1, -0.05) is 35.5 Å². The molecule has 1 aromatic heterocycles. The van der Waals surface area contributed by atoms with E-state index in [0.717, 1.165) is 5.56 Å². The maximum Gasteiger partial charge on any atom is 0.256 e. The maximum absolute atomic E-state index is 9.51. The number of methoxy groups -OCH3 is 1. The lowest BCUT2D eigenvalue weighted by Crippen LogP contribution is -2.12. The van der Waals surface area contributed by atoms with Gasteiger partial charge in [-0.05, 0) is 5.56 Å². The number of aliphatic hydroxyl groups excluding tert-OH is 1. The number of nitrogens with zero attached hydrogens (tertiary/aromatic N) is 2. The van der Waals surface area contributed by atoms with E-state index in [1.165, 1.54) is 0 Å². The topological polar surface area (TPSA) is 94.4 Å². The van der Waals surface area contributed by atoms with Gasteiger partial charge in [-0.15, -0.1) is 0 Å². The van der Waals surface area contributed by atoms with Crippen LogP contribution in [0.2, 0.25) is 0 Å². The Morgan fingerprint density at radius 2 is 2.11 bits per heavy atom. The number of nitrogens with two attached hydrogens (primary N) is 1. The lowest BCUT2D eigenvalue weighted by atomic mass is 10.1. The van der Waals surface area contributed by atoms with Crippen LogP contribution in [0.25, 0.3) is 0 Å². The summed E-state index contributed by atoms with van der Waals surface area (Å²) in [4.78, 5) is 4.10. The molecule has 0 spiro atoms. The highest BCUT2D eigenvalue weighted by atomic mass is 16.5. The Hall–Kier alpha value is -1.76. The SMILES string of the molecule is COC(c1ccccc1)c1noc(C(O)CN)n1. The number of hydrogen-bond acceptors (Lipinski definition) is 6. The fourth-order valence-corrected chi connectivity index (χ4v) is 1.61. The number of hydrogen-bond donors (Lipinski definition) is 2. The van der Waals surface area contributed by atoms with Gasteiger partial charge in [0, 0.05) is 13.7 Å². The van der Waals surface area contributed by atoms with Crippen LogP contribution in [-0.4, -0.2) is 28.9 Å². The van der Waals surface area contributed by atoms with Gasteiger partial charge in [0.15, 0.2) is 0 Å². The second-order valence-corrected chi connectivity index (χ2v) is 3.77. The highest BCUT2D eigenvalue weighted by Crippen LogP contribution is 2.23. The minimum atomic E-state index is -0.945. The molecule has 6 heteroatoms. The Balaban J connectivity index is 2.26. The Bertz CT molecular complexity index is 486. The van der Waals surface area contributed by atoms with Crippen molar-refractivity contribution in [1.82, 2.24) is 10.1 Å². The van der Waals surface area contributed by atoms with Gasteiger partial charge in [0.1, 0.15) is 12.2 Å². The molecule has 1 aromatic carbocycles. The quantitative estimate of drug-likeness (QED) is 0.813. The Morgan fingerprint density at radius 3 is 2.72 bits per heavy atom. The third-order valence-electron chi connectivity index (χ3n) is 2.54. The highest BCUT2D eigenvalue weighted by molar-refractivity contribution is 5.22. The van der Waals surface area contributed by atoms with E-state index in [2.05, 4.69) is 10.1 Å². The monoisotopic (exact) mass is 249 g/mol. The first-order valence-corrected chi connectivity index (χ1v) is 5.55. The first kappa shape index (κ1) is 12.7. The predicted molar refractivity (Wildman–Crippen MR) is 63.6 cm³/mol. The summed E-state index contributed by atoms with van der Waals surface area (Å²) in [5.74, 6) is 0.469. The summed E-state index contributed by atoms with van der Waals surface area (Å²) in [5, 5.41) is 13.3. The van der Waals surface area contributed by atoms with Crippen LogP contribution >= 0.6 is 0 Å². The van der Waals surface area contributed by atoms with Crippen molar-refractivity contribution < 1.29 is 14.4 Å². The first-order valence-electron chi connectivity index (χ1n) is 5.55. The van der Waals surface area contributed by atoms with Crippen molar-refractivity contribution in [2.24, 2.45) is 5.73 Å². The zero-order valence-corrected chi connectivity index (χ0v) is 9.98. The molecular weight excluding hydrogens is 234 g/mol. The van der Waals surface area contributed by atoms with Gasteiger partial charge in [0.05, 0.1) is 0 Å². The summed E-state index contributed by atoms with van der Waals surface area (Å²) >= 11 is 0. The molecule has 2 atom stereocenters. The standard InChI is InChI=1S/C12H15N3O3/c1-17-10(8-5-3-2-4-6-8)11-14-12(18-15-11)9(16)7-13/h2-6,9-10,16H,7,13H2,1H3. The molecule has 0 radical (unpaired) electrons. The molecular formula is C12H15N3O3. The van der Waals surface area contributed by atoms with Crippen molar-refractivity contribution >= 4 is 0 Å². The van der Waals surface area contributed by atoms with Crippen molar-refractivity contribution in [1.29, 1.82) is 0 Å². The van der Waals surface area contributed by atoms with E-state index in [1.54, 1.807) is 7.11 Å². The average molecular weight is 249 g/mol. The van der Waals surface area contributed by atoms with Gasteiger partial charge in [-0.2, -0.15) is 4.98 Å². The van der Waals surface area contributed by atoms with Crippen LogP contribution in [0.5, 0.6) is 0 Å². The summed E-state index contributed by atoms with van der Waals surface area (Å²) < 4.78 is 10.3.